The number of piperidine rings is 1. The Morgan fingerprint density at radius 3 is 2.42 bits per heavy atom. The minimum Gasteiger partial charge on any atom is -0.490 e. The second kappa shape index (κ2) is 11.0. The van der Waals surface area contributed by atoms with Crippen molar-refractivity contribution in [2.24, 2.45) is 0 Å². The van der Waals surface area contributed by atoms with Crippen LogP contribution in [0.5, 0.6) is 5.75 Å². The number of carbonyl (C=O) groups is 1. The Bertz CT molecular complexity index is 1570. The molecular weight excluding hydrogens is 544 g/mol. The van der Waals surface area contributed by atoms with Crippen LogP contribution in [0.15, 0.2) is 65.7 Å². The molecule has 40 heavy (non-hydrogen) atoms. The van der Waals surface area contributed by atoms with E-state index in [1.807, 2.05) is 68.7 Å². The summed E-state index contributed by atoms with van der Waals surface area (Å²) in [6.07, 6.45) is 6.54. The number of hydrogen-bond acceptors (Lipinski definition) is 6. The lowest BCUT2D eigenvalue weighted by Gasteiger charge is -2.42. The average molecular weight is 577 g/mol. The molecule has 7 nitrogen and oxygen atoms in total. The quantitative estimate of drug-likeness (QED) is 0.270. The third-order valence-corrected chi connectivity index (χ3v) is 9.62. The molecule has 2 aromatic heterocycles. The highest BCUT2D eigenvalue weighted by atomic mass is 35.5. The number of carbonyl (C=O) groups excluding carboxylic acids is 1. The van der Waals surface area contributed by atoms with Gasteiger partial charge < -0.3 is 9.64 Å². The van der Waals surface area contributed by atoms with Crippen molar-refractivity contribution in [3.63, 3.8) is 0 Å². The summed E-state index contributed by atoms with van der Waals surface area (Å²) in [5.74, 6) is 0.987. The van der Waals surface area contributed by atoms with E-state index in [0.29, 0.717) is 33.7 Å². The molecule has 2 aliphatic heterocycles. The van der Waals surface area contributed by atoms with E-state index in [1.165, 1.54) is 11.3 Å². The van der Waals surface area contributed by atoms with Crippen molar-refractivity contribution < 1.29 is 9.53 Å². The van der Waals surface area contributed by atoms with Gasteiger partial charge >= 0.3 is 0 Å². The van der Waals surface area contributed by atoms with E-state index in [1.54, 1.807) is 15.8 Å². The zero-order chi connectivity index (χ0) is 28.0. The third kappa shape index (κ3) is 5.28. The van der Waals surface area contributed by atoms with Crippen molar-refractivity contribution in [2.75, 3.05) is 14.1 Å². The Kier molecular flexibility index (Phi) is 7.42. The molecule has 9 heteroatoms. The Balaban J connectivity index is 1.14. The number of thiophene rings is 1. The van der Waals surface area contributed by atoms with Crippen molar-refractivity contribution in [1.82, 2.24) is 19.4 Å². The van der Waals surface area contributed by atoms with Gasteiger partial charge in [0.25, 0.3) is 5.56 Å². The van der Waals surface area contributed by atoms with Gasteiger partial charge in [-0.05, 0) is 80.6 Å². The van der Waals surface area contributed by atoms with Crippen molar-refractivity contribution in [3.8, 4) is 21.9 Å². The van der Waals surface area contributed by atoms with Gasteiger partial charge in [-0.25, -0.2) is 4.98 Å². The molecule has 0 aliphatic carbocycles. The van der Waals surface area contributed by atoms with Crippen molar-refractivity contribution in [3.05, 3.63) is 76.3 Å². The molecule has 2 saturated heterocycles. The Morgan fingerprint density at radius 1 is 1.10 bits per heavy atom. The number of rotatable bonds is 7. The second-order valence-electron chi connectivity index (χ2n) is 11.1. The topological polar surface area (TPSA) is 67.7 Å². The standard InChI is InChI=1S/C31H33ClN4O3S/c1-19(14-29(37)34(2)3)36-23-8-9-24(36)16-26(15-23)39-25-12-10-22(11-13-25)35-18-33-27-17-28(40-30(27)31(35)38)20-4-6-21(32)7-5-20/h4-7,10-13,17-19,23-24,26H,8-9,14-16H2,1-3H3/t19?,23-,24+,26+. The van der Waals surface area contributed by atoms with Gasteiger partial charge in [0, 0.05) is 48.5 Å². The van der Waals surface area contributed by atoms with Crippen LogP contribution in [0.2, 0.25) is 5.02 Å². The highest BCUT2D eigenvalue weighted by Gasteiger charge is 2.43. The Morgan fingerprint density at radius 2 is 1.77 bits per heavy atom. The molecule has 2 aliphatic rings. The van der Waals surface area contributed by atoms with Crippen LogP contribution in [0, 0.1) is 0 Å². The predicted octanol–water partition coefficient (Wildman–Crippen LogP) is 6.01. The summed E-state index contributed by atoms with van der Waals surface area (Å²) in [7, 11) is 3.64. The van der Waals surface area contributed by atoms with Gasteiger partial charge in [0.15, 0.2) is 0 Å². The van der Waals surface area contributed by atoms with E-state index in [9.17, 15) is 9.59 Å². The molecule has 208 valence electrons. The normalized spacial score (nSPS) is 21.4. The van der Waals surface area contributed by atoms with Crippen LogP contribution < -0.4 is 10.3 Å². The molecule has 0 spiro atoms. The molecule has 0 N–H and O–H groups in total. The maximum absolute atomic E-state index is 13.4. The number of nitrogens with zero attached hydrogens (tertiary/aromatic N) is 4. The van der Waals surface area contributed by atoms with Crippen LogP contribution in [0.1, 0.15) is 39.0 Å². The molecule has 2 aromatic carbocycles. The fourth-order valence-electron chi connectivity index (χ4n) is 6.25. The van der Waals surface area contributed by atoms with Gasteiger partial charge in [0.2, 0.25) is 5.91 Å². The molecule has 4 aromatic rings. The SMILES string of the molecule is CC(CC(=O)N(C)C)N1[C@@H]2CC[C@H]1C[C@@H](Oc1ccc(-n3cnc4cc(-c5ccc(Cl)cc5)sc4c3=O)cc1)C2. The predicted molar refractivity (Wildman–Crippen MR) is 161 cm³/mol. The third-order valence-electron chi connectivity index (χ3n) is 8.21. The van der Waals surface area contributed by atoms with Crippen LogP contribution >= 0.6 is 22.9 Å². The number of hydrogen-bond donors (Lipinski definition) is 0. The molecule has 1 amide bonds. The van der Waals surface area contributed by atoms with Crippen LogP contribution in [0.4, 0.5) is 0 Å². The maximum atomic E-state index is 13.4. The van der Waals surface area contributed by atoms with Crippen LogP contribution in [-0.4, -0.2) is 63.6 Å². The first kappa shape index (κ1) is 27.0. The number of fused-ring (bicyclic) bond motifs is 3. The number of ether oxygens (including phenoxy) is 1. The zero-order valence-corrected chi connectivity index (χ0v) is 24.5. The van der Waals surface area contributed by atoms with E-state index >= 15 is 0 Å². The summed E-state index contributed by atoms with van der Waals surface area (Å²) >= 11 is 7.47. The first-order valence-electron chi connectivity index (χ1n) is 13.8. The summed E-state index contributed by atoms with van der Waals surface area (Å²) in [5, 5.41) is 0.679. The van der Waals surface area contributed by atoms with Gasteiger partial charge in [0.05, 0.1) is 11.2 Å². The molecule has 4 atom stereocenters. The number of benzene rings is 2. The van der Waals surface area contributed by atoms with Gasteiger partial charge in [0.1, 0.15) is 22.9 Å². The fraction of sp³-hybridized carbons (Fsp3) is 0.387. The Hall–Kier alpha value is -3.20. The molecule has 2 bridgehead atoms. The largest absolute Gasteiger partial charge is 0.490 e. The van der Waals surface area contributed by atoms with E-state index in [0.717, 1.165) is 47.6 Å². The number of amides is 1. The molecule has 6 rings (SSSR count). The van der Waals surface area contributed by atoms with E-state index < -0.39 is 0 Å². The van der Waals surface area contributed by atoms with E-state index in [2.05, 4.69) is 16.8 Å². The molecule has 0 radical (unpaired) electrons. The molecule has 1 unspecified atom stereocenters. The van der Waals surface area contributed by atoms with Gasteiger partial charge in [-0.1, -0.05) is 23.7 Å². The van der Waals surface area contributed by atoms with Crippen molar-refractivity contribution in [2.45, 2.75) is 63.3 Å². The van der Waals surface area contributed by atoms with Gasteiger partial charge in [-0.15, -0.1) is 11.3 Å². The fourth-order valence-corrected chi connectivity index (χ4v) is 7.42. The van der Waals surface area contributed by atoms with Gasteiger partial charge in [-0.2, -0.15) is 0 Å². The monoisotopic (exact) mass is 576 g/mol. The average Bonchev–Trinajstić information content (AvgIpc) is 3.49. The maximum Gasteiger partial charge on any atom is 0.275 e. The lowest BCUT2D eigenvalue weighted by atomic mass is 9.96. The molecule has 4 heterocycles. The first-order chi connectivity index (χ1) is 19.3. The molecule has 2 fully saturated rings. The first-order valence-corrected chi connectivity index (χ1v) is 15.0. The minimum absolute atomic E-state index is 0.0882. The number of aromatic nitrogens is 2. The van der Waals surface area contributed by atoms with Gasteiger partial charge in [-0.3, -0.25) is 19.1 Å². The minimum atomic E-state index is -0.0882. The van der Waals surface area contributed by atoms with Crippen molar-refractivity contribution >= 4 is 39.1 Å². The highest BCUT2D eigenvalue weighted by molar-refractivity contribution is 7.22. The second-order valence-corrected chi connectivity index (χ2v) is 12.6. The lowest BCUT2D eigenvalue weighted by Crippen LogP contribution is -2.51. The van der Waals surface area contributed by atoms with Crippen molar-refractivity contribution in [1.29, 1.82) is 0 Å². The van der Waals surface area contributed by atoms with E-state index in [4.69, 9.17) is 16.3 Å². The zero-order valence-electron chi connectivity index (χ0n) is 22.9. The highest BCUT2D eigenvalue weighted by Crippen LogP contribution is 2.39. The summed E-state index contributed by atoms with van der Waals surface area (Å²) in [4.78, 5) is 35.4. The molecular formula is C31H33ClN4O3S. The lowest BCUT2D eigenvalue weighted by molar-refractivity contribution is -0.130. The van der Waals surface area contributed by atoms with Crippen LogP contribution in [-0.2, 0) is 4.79 Å². The smallest absolute Gasteiger partial charge is 0.275 e. The van der Waals surface area contributed by atoms with Crippen LogP contribution in [0.3, 0.4) is 0 Å². The summed E-state index contributed by atoms with van der Waals surface area (Å²) in [6, 6.07) is 18.4. The molecule has 0 saturated carbocycles. The summed E-state index contributed by atoms with van der Waals surface area (Å²) < 4.78 is 8.63. The number of halogens is 1. The Labute approximate surface area is 243 Å². The van der Waals surface area contributed by atoms with Crippen LogP contribution in [0.25, 0.3) is 26.3 Å². The summed E-state index contributed by atoms with van der Waals surface area (Å²) in [5.41, 5.74) is 2.37. The summed E-state index contributed by atoms with van der Waals surface area (Å²) in [6.45, 7) is 2.18. The van der Waals surface area contributed by atoms with E-state index in [-0.39, 0.29) is 23.6 Å².